The van der Waals surface area contributed by atoms with Gasteiger partial charge in [0, 0.05) is 29.9 Å². The molecular weight excluding hydrogens is 252 g/mol. The van der Waals surface area contributed by atoms with E-state index in [1.54, 1.807) is 0 Å². The van der Waals surface area contributed by atoms with E-state index in [2.05, 4.69) is 20.2 Å². The van der Waals surface area contributed by atoms with Gasteiger partial charge in [0.1, 0.15) is 0 Å². The molecule has 0 spiro atoms. The molecule has 1 aromatic heterocycles. The minimum Gasteiger partial charge on any atom is -0.311 e. The highest BCUT2D eigenvalue weighted by atomic mass is 32.2. The van der Waals surface area contributed by atoms with Gasteiger partial charge in [-0.2, -0.15) is 5.10 Å². The third-order valence-corrected chi connectivity index (χ3v) is 3.53. The molecule has 7 heteroatoms. The lowest BCUT2D eigenvalue weighted by molar-refractivity contribution is 0.420. The molecule has 0 aliphatic carbocycles. The van der Waals surface area contributed by atoms with Crippen molar-refractivity contribution in [2.24, 2.45) is 0 Å². The summed E-state index contributed by atoms with van der Waals surface area (Å²) in [5, 5.41) is 10.3. The molecule has 0 saturated carbocycles. The average Bonchev–Trinajstić information content (AvgIpc) is 2.44. The van der Waals surface area contributed by atoms with E-state index in [1.165, 1.54) is 6.26 Å². The molecule has 18 heavy (non-hydrogen) atoms. The van der Waals surface area contributed by atoms with Gasteiger partial charge in [0.2, 0.25) is 10.0 Å². The van der Waals surface area contributed by atoms with Crippen LogP contribution >= 0.6 is 0 Å². The van der Waals surface area contributed by atoms with Gasteiger partial charge in [-0.15, -0.1) is 0 Å². The largest absolute Gasteiger partial charge is 0.311 e. The topological polar surface area (TPSA) is 86.9 Å². The molecule has 6 nitrogen and oxygen atoms in total. The minimum atomic E-state index is -3.19. The fourth-order valence-electron chi connectivity index (χ4n) is 1.87. The van der Waals surface area contributed by atoms with Crippen LogP contribution in [0.5, 0.6) is 0 Å². The zero-order valence-corrected chi connectivity index (χ0v) is 12.4. The molecule has 0 aliphatic rings. The molecule has 0 amide bonds. The van der Waals surface area contributed by atoms with E-state index in [9.17, 15) is 8.42 Å². The van der Waals surface area contributed by atoms with Crippen LogP contribution in [0.15, 0.2) is 0 Å². The van der Waals surface area contributed by atoms with Gasteiger partial charge < -0.3 is 5.32 Å². The van der Waals surface area contributed by atoms with Gasteiger partial charge in [-0.05, 0) is 27.7 Å². The van der Waals surface area contributed by atoms with Crippen LogP contribution in [0, 0.1) is 13.8 Å². The predicted octanol–water partition coefficient (Wildman–Crippen LogP) is 0.444. The summed E-state index contributed by atoms with van der Waals surface area (Å²) < 4.78 is 25.0. The van der Waals surface area contributed by atoms with E-state index >= 15 is 0 Å². The fourth-order valence-corrected chi connectivity index (χ4v) is 2.95. The maximum Gasteiger partial charge on any atom is 0.209 e. The quantitative estimate of drug-likeness (QED) is 0.702. The van der Waals surface area contributed by atoms with E-state index in [1.807, 2.05) is 27.7 Å². The van der Waals surface area contributed by atoms with E-state index in [0.29, 0.717) is 13.1 Å². The predicted molar refractivity (Wildman–Crippen MR) is 71.8 cm³/mol. The second kappa shape index (κ2) is 5.38. The number of nitrogens with one attached hydrogen (secondary N) is 3. The molecule has 0 radical (unpaired) electrons. The molecule has 0 aliphatic heterocycles. The Hall–Kier alpha value is -0.920. The van der Waals surface area contributed by atoms with E-state index < -0.39 is 15.6 Å². The van der Waals surface area contributed by atoms with Crippen LogP contribution in [0.1, 0.15) is 30.8 Å². The Kier molecular flexibility index (Phi) is 4.52. The molecule has 0 bridgehead atoms. The smallest absolute Gasteiger partial charge is 0.209 e. The van der Waals surface area contributed by atoms with Gasteiger partial charge in [0.05, 0.1) is 11.9 Å². The van der Waals surface area contributed by atoms with Crippen molar-refractivity contribution in [3.05, 3.63) is 17.0 Å². The molecule has 1 aromatic rings. The van der Waals surface area contributed by atoms with Gasteiger partial charge in [-0.3, -0.25) is 5.10 Å². The Morgan fingerprint density at radius 3 is 2.39 bits per heavy atom. The molecule has 1 heterocycles. The summed E-state index contributed by atoms with van der Waals surface area (Å²) in [5.74, 6) is 0. The number of aromatic nitrogens is 2. The van der Waals surface area contributed by atoms with Crippen LogP contribution in [0.2, 0.25) is 0 Å². The van der Waals surface area contributed by atoms with Crippen molar-refractivity contribution < 1.29 is 8.42 Å². The number of aromatic amines is 1. The molecule has 0 aromatic carbocycles. The fraction of sp³-hybridized carbons (Fsp3) is 0.727. The van der Waals surface area contributed by atoms with E-state index in [-0.39, 0.29) is 0 Å². The average molecular weight is 274 g/mol. The standard InChI is InChI=1S/C11H22N4O2S/c1-8-10(9(2)14-13-8)6-12-7-11(3,4)15-18(5,16)17/h12,15H,6-7H2,1-5H3,(H,13,14). The van der Waals surface area contributed by atoms with Crippen molar-refractivity contribution in [3.63, 3.8) is 0 Å². The number of hydrogen-bond acceptors (Lipinski definition) is 4. The first-order valence-electron chi connectivity index (χ1n) is 5.81. The van der Waals surface area contributed by atoms with Crippen molar-refractivity contribution in [2.75, 3.05) is 12.8 Å². The van der Waals surface area contributed by atoms with Crippen LogP contribution in [0.25, 0.3) is 0 Å². The zero-order chi connectivity index (χ0) is 14.0. The SMILES string of the molecule is Cc1n[nH]c(C)c1CNCC(C)(C)NS(C)(=O)=O. The number of hydrogen-bond donors (Lipinski definition) is 3. The molecule has 0 unspecified atom stereocenters. The van der Waals surface area contributed by atoms with Crippen molar-refractivity contribution in [3.8, 4) is 0 Å². The molecule has 3 N–H and O–H groups in total. The van der Waals surface area contributed by atoms with Crippen LogP contribution in [0.4, 0.5) is 0 Å². The van der Waals surface area contributed by atoms with Crippen molar-refractivity contribution in [2.45, 2.75) is 39.8 Å². The van der Waals surface area contributed by atoms with Gasteiger partial charge in [0.15, 0.2) is 0 Å². The Labute approximate surface area is 109 Å². The van der Waals surface area contributed by atoms with Crippen molar-refractivity contribution in [1.29, 1.82) is 0 Å². The summed E-state index contributed by atoms with van der Waals surface area (Å²) >= 11 is 0. The zero-order valence-electron chi connectivity index (χ0n) is 11.6. The first-order chi connectivity index (χ1) is 8.11. The molecular formula is C11H22N4O2S. The van der Waals surface area contributed by atoms with Gasteiger partial charge in [-0.25, -0.2) is 13.1 Å². The van der Waals surface area contributed by atoms with Crippen molar-refractivity contribution in [1.82, 2.24) is 20.2 Å². The normalized spacial score (nSPS) is 12.9. The lowest BCUT2D eigenvalue weighted by Gasteiger charge is -2.25. The third-order valence-electron chi connectivity index (χ3n) is 2.61. The van der Waals surface area contributed by atoms with Crippen LogP contribution in [-0.2, 0) is 16.6 Å². The molecule has 104 valence electrons. The monoisotopic (exact) mass is 274 g/mol. The summed E-state index contributed by atoms with van der Waals surface area (Å²) in [4.78, 5) is 0. The lowest BCUT2D eigenvalue weighted by atomic mass is 10.1. The highest BCUT2D eigenvalue weighted by Gasteiger charge is 2.21. The Bertz CT molecular complexity index is 486. The summed E-state index contributed by atoms with van der Waals surface area (Å²) in [5.41, 5.74) is 2.62. The second-order valence-electron chi connectivity index (χ2n) is 5.27. The van der Waals surface area contributed by atoms with Gasteiger partial charge >= 0.3 is 0 Å². The summed E-state index contributed by atoms with van der Waals surface area (Å²) in [6.45, 7) is 8.82. The highest BCUT2D eigenvalue weighted by Crippen LogP contribution is 2.09. The Balaban J connectivity index is 2.52. The van der Waals surface area contributed by atoms with Crippen LogP contribution in [-0.4, -0.2) is 37.0 Å². The summed E-state index contributed by atoms with van der Waals surface area (Å²) in [6.07, 6.45) is 1.17. The summed E-state index contributed by atoms with van der Waals surface area (Å²) in [6, 6.07) is 0. The Morgan fingerprint density at radius 1 is 1.33 bits per heavy atom. The maximum absolute atomic E-state index is 11.2. The Morgan fingerprint density at radius 2 is 1.94 bits per heavy atom. The third kappa shape index (κ3) is 4.75. The number of H-pyrrole nitrogens is 1. The number of sulfonamides is 1. The van der Waals surface area contributed by atoms with E-state index in [4.69, 9.17) is 0 Å². The molecule has 0 fully saturated rings. The van der Waals surface area contributed by atoms with Gasteiger partial charge in [0.25, 0.3) is 0 Å². The summed E-state index contributed by atoms with van der Waals surface area (Å²) in [7, 11) is -3.19. The molecule has 1 rings (SSSR count). The first-order valence-corrected chi connectivity index (χ1v) is 7.70. The maximum atomic E-state index is 11.2. The van der Waals surface area contributed by atoms with Crippen LogP contribution in [0.3, 0.4) is 0 Å². The number of rotatable bonds is 6. The van der Waals surface area contributed by atoms with Gasteiger partial charge in [-0.1, -0.05) is 0 Å². The number of nitrogens with zero attached hydrogens (tertiary/aromatic N) is 1. The van der Waals surface area contributed by atoms with Crippen molar-refractivity contribution >= 4 is 10.0 Å². The molecule has 0 atom stereocenters. The van der Waals surface area contributed by atoms with E-state index in [0.717, 1.165) is 17.0 Å². The highest BCUT2D eigenvalue weighted by molar-refractivity contribution is 7.88. The number of aryl methyl sites for hydroxylation is 2. The molecule has 0 saturated heterocycles. The minimum absolute atomic E-state index is 0.515. The first kappa shape index (κ1) is 15.1. The lowest BCUT2D eigenvalue weighted by Crippen LogP contribution is -2.49. The second-order valence-corrected chi connectivity index (χ2v) is 7.02. The van der Waals surface area contributed by atoms with Crippen LogP contribution < -0.4 is 10.0 Å².